The fourth-order valence-corrected chi connectivity index (χ4v) is 5.31. The Labute approximate surface area is 189 Å². The van der Waals surface area contributed by atoms with E-state index >= 15 is 0 Å². The molecule has 2 aromatic rings. The Balaban J connectivity index is 1.54. The van der Waals surface area contributed by atoms with E-state index in [1.165, 1.54) is 28.6 Å². The molecule has 1 aliphatic heterocycles. The van der Waals surface area contributed by atoms with Gasteiger partial charge in [-0.2, -0.15) is 4.31 Å². The minimum Gasteiger partial charge on any atom is -0.494 e. The molecule has 2 aromatic carbocycles. The molecule has 172 valence electrons. The van der Waals surface area contributed by atoms with Crippen LogP contribution >= 0.6 is 0 Å². The fraction of sp³-hybridized carbons (Fsp3) is 0.391. The van der Waals surface area contributed by atoms with Crippen molar-refractivity contribution in [3.8, 4) is 5.75 Å². The number of carbonyl (C=O) groups excluding carboxylic acids is 2. The molecule has 32 heavy (non-hydrogen) atoms. The predicted molar refractivity (Wildman–Crippen MR) is 122 cm³/mol. The van der Waals surface area contributed by atoms with Crippen LogP contribution in [0.5, 0.6) is 5.75 Å². The van der Waals surface area contributed by atoms with Gasteiger partial charge in [-0.05, 0) is 75.2 Å². The summed E-state index contributed by atoms with van der Waals surface area (Å²) in [5.41, 5.74) is 0.874. The lowest BCUT2D eigenvalue weighted by Gasteiger charge is -2.32. The lowest BCUT2D eigenvalue weighted by atomic mass is 10.1. The predicted octanol–water partition coefficient (Wildman–Crippen LogP) is 3.02. The molecule has 3 rings (SSSR count). The first kappa shape index (κ1) is 23.7. The highest BCUT2D eigenvalue weighted by molar-refractivity contribution is 7.89. The summed E-state index contributed by atoms with van der Waals surface area (Å²) < 4.78 is 32.7. The van der Waals surface area contributed by atoms with Gasteiger partial charge in [0.2, 0.25) is 15.9 Å². The first-order chi connectivity index (χ1) is 15.3. The monoisotopic (exact) mass is 459 g/mol. The summed E-state index contributed by atoms with van der Waals surface area (Å²) in [6.45, 7) is 4.66. The third-order valence-corrected chi connectivity index (χ3v) is 7.35. The van der Waals surface area contributed by atoms with Crippen molar-refractivity contribution in [1.29, 1.82) is 0 Å². The van der Waals surface area contributed by atoms with Crippen LogP contribution < -0.4 is 15.4 Å². The summed E-state index contributed by atoms with van der Waals surface area (Å²) in [6, 6.07) is 12.7. The number of rotatable bonds is 8. The maximum absolute atomic E-state index is 12.9. The summed E-state index contributed by atoms with van der Waals surface area (Å²) in [4.78, 5) is 24.6. The number of piperidine rings is 1. The normalized spacial score (nSPS) is 16.9. The molecule has 1 unspecified atom stereocenters. The molecule has 1 saturated heterocycles. The fourth-order valence-electron chi connectivity index (χ4n) is 3.61. The number of nitrogens with one attached hydrogen (secondary N) is 2. The van der Waals surface area contributed by atoms with Crippen molar-refractivity contribution in [3.05, 3.63) is 54.1 Å². The highest BCUT2D eigenvalue weighted by Gasteiger charge is 2.30. The molecule has 1 aliphatic rings. The highest BCUT2D eigenvalue weighted by Crippen LogP contribution is 2.25. The molecule has 0 spiro atoms. The molecule has 0 bridgehead atoms. The van der Waals surface area contributed by atoms with Crippen LogP contribution in [0.2, 0.25) is 0 Å². The molecule has 8 nitrogen and oxygen atoms in total. The number of hydrogen-bond donors (Lipinski definition) is 2. The minimum absolute atomic E-state index is 0.0365. The number of benzene rings is 2. The van der Waals surface area contributed by atoms with Crippen LogP contribution in [0.3, 0.4) is 0 Å². The molecular weight excluding hydrogens is 430 g/mol. The van der Waals surface area contributed by atoms with Gasteiger partial charge in [0, 0.05) is 23.8 Å². The topological polar surface area (TPSA) is 105 Å². The molecule has 1 atom stereocenters. The van der Waals surface area contributed by atoms with Crippen LogP contribution in [0.4, 0.5) is 5.69 Å². The molecule has 0 aromatic heterocycles. The Bertz CT molecular complexity index is 1040. The first-order valence-corrected chi connectivity index (χ1v) is 12.2. The second kappa shape index (κ2) is 10.6. The molecule has 0 radical (unpaired) electrons. The van der Waals surface area contributed by atoms with Crippen molar-refractivity contribution in [3.63, 3.8) is 0 Å². The maximum Gasteiger partial charge on any atom is 0.251 e. The minimum atomic E-state index is -3.59. The number of carbonyl (C=O) groups is 2. The Morgan fingerprint density at radius 3 is 2.38 bits per heavy atom. The molecule has 1 heterocycles. The molecule has 9 heteroatoms. The smallest absolute Gasteiger partial charge is 0.251 e. The lowest BCUT2D eigenvalue weighted by Crippen LogP contribution is -2.41. The number of hydrogen-bond acceptors (Lipinski definition) is 5. The molecule has 1 fully saturated rings. The van der Waals surface area contributed by atoms with Crippen LogP contribution in [0, 0.1) is 0 Å². The molecule has 2 amide bonds. The van der Waals surface area contributed by atoms with Gasteiger partial charge < -0.3 is 15.4 Å². The van der Waals surface area contributed by atoms with Gasteiger partial charge in [-0.3, -0.25) is 9.59 Å². The third-order valence-electron chi connectivity index (χ3n) is 5.32. The lowest BCUT2D eigenvalue weighted by molar-refractivity contribution is -0.115. The zero-order valence-electron chi connectivity index (χ0n) is 18.3. The van der Waals surface area contributed by atoms with Gasteiger partial charge in [-0.15, -0.1) is 0 Å². The largest absolute Gasteiger partial charge is 0.494 e. The summed E-state index contributed by atoms with van der Waals surface area (Å²) >= 11 is 0. The summed E-state index contributed by atoms with van der Waals surface area (Å²) in [6.07, 6.45) is 2.72. The molecule has 0 saturated carbocycles. The zero-order chi connectivity index (χ0) is 23.1. The summed E-state index contributed by atoms with van der Waals surface area (Å²) in [7, 11) is -3.59. The van der Waals surface area contributed by atoms with E-state index in [2.05, 4.69) is 10.6 Å². The van der Waals surface area contributed by atoms with Gasteiger partial charge in [-0.1, -0.05) is 6.42 Å². The Kier molecular flexibility index (Phi) is 7.87. The maximum atomic E-state index is 12.9. The Hall–Kier alpha value is -2.91. The third kappa shape index (κ3) is 5.86. The van der Waals surface area contributed by atoms with E-state index in [0.717, 1.165) is 19.3 Å². The van der Waals surface area contributed by atoms with E-state index in [-0.39, 0.29) is 29.0 Å². The van der Waals surface area contributed by atoms with Crippen LogP contribution in [0.25, 0.3) is 0 Å². The van der Waals surface area contributed by atoms with Crippen molar-refractivity contribution in [2.75, 3.05) is 25.0 Å². The van der Waals surface area contributed by atoms with Gasteiger partial charge in [-0.25, -0.2) is 8.42 Å². The summed E-state index contributed by atoms with van der Waals surface area (Å²) in [5.74, 6) is -0.123. The Morgan fingerprint density at radius 1 is 1.06 bits per heavy atom. The van der Waals surface area contributed by atoms with Gasteiger partial charge >= 0.3 is 0 Å². The summed E-state index contributed by atoms with van der Waals surface area (Å²) in [5, 5.41) is 5.24. The average molecular weight is 460 g/mol. The van der Waals surface area contributed by atoms with E-state index in [4.69, 9.17) is 4.74 Å². The average Bonchev–Trinajstić information content (AvgIpc) is 2.79. The van der Waals surface area contributed by atoms with Crippen molar-refractivity contribution in [1.82, 2.24) is 9.62 Å². The SMILES string of the molecule is CCOc1ccc(NC(=O)CNC(=O)c2ccc(S(=O)(=O)N3CCCCC3C)cc2)cc1. The van der Waals surface area contributed by atoms with Crippen molar-refractivity contribution in [2.24, 2.45) is 0 Å². The second-order valence-electron chi connectivity index (χ2n) is 7.67. The van der Waals surface area contributed by atoms with Crippen molar-refractivity contribution < 1.29 is 22.7 Å². The number of ether oxygens (including phenoxy) is 1. The van der Waals surface area contributed by atoms with Crippen LogP contribution in [-0.2, 0) is 14.8 Å². The number of anilines is 1. The van der Waals surface area contributed by atoms with Crippen LogP contribution in [0.15, 0.2) is 53.4 Å². The van der Waals surface area contributed by atoms with E-state index in [9.17, 15) is 18.0 Å². The molecular formula is C23H29N3O5S. The first-order valence-electron chi connectivity index (χ1n) is 10.7. The van der Waals surface area contributed by atoms with Gasteiger partial charge in [0.1, 0.15) is 5.75 Å². The van der Waals surface area contributed by atoms with Crippen LogP contribution in [-0.4, -0.2) is 50.3 Å². The number of amides is 2. The number of nitrogens with zero attached hydrogens (tertiary/aromatic N) is 1. The molecule has 2 N–H and O–H groups in total. The standard InChI is InChI=1S/C23H29N3O5S/c1-3-31-20-11-9-19(10-12-20)25-22(27)16-24-23(28)18-7-13-21(14-8-18)32(29,30)26-15-5-4-6-17(26)2/h7-14,17H,3-6,15-16H2,1-2H3,(H,24,28)(H,25,27). The van der Waals surface area contributed by atoms with Gasteiger partial charge in [0.25, 0.3) is 5.91 Å². The molecule has 0 aliphatic carbocycles. The van der Waals surface area contributed by atoms with E-state index in [0.29, 0.717) is 24.6 Å². The zero-order valence-corrected chi connectivity index (χ0v) is 19.2. The van der Waals surface area contributed by atoms with Crippen LogP contribution in [0.1, 0.15) is 43.5 Å². The second-order valence-corrected chi connectivity index (χ2v) is 9.56. The van der Waals surface area contributed by atoms with E-state index in [1.54, 1.807) is 24.3 Å². The van der Waals surface area contributed by atoms with Gasteiger partial charge in [0.05, 0.1) is 18.0 Å². The van der Waals surface area contributed by atoms with Crippen molar-refractivity contribution in [2.45, 2.75) is 44.0 Å². The quantitative estimate of drug-likeness (QED) is 0.631. The number of sulfonamides is 1. The Morgan fingerprint density at radius 2 is 1.75 bits per heavy atom. The van der Waals surface area contributed by atoms with E-state index < -0.39 is 15.9 Å². The van der Waals surface area contributed by atoms with Gasteiger partial charge in [0.15, 0.2) is 0 Å². The van der Waals surface area contributed by atoms with Crippen molar-refractivity contribution >= 4 is 27.5 Å². The van der Waals surface area contributed by atoms with E-state index in [1.807, 2.05) is 13.8 Å². The highest BCUT2D eigenvalue weighted by atomic mass is 32.2.